The fourth-order valence-corrected chi connectivity index (χ4v) is 3.23. The third-order valence-corrected chi connectivity index (χ3v) is 5.06. The Morgan fingerprint density at radius 1 is 1.22 bits per heavy atom. The third-order valence-electron chi connectivity index (χ3n) is 3.21. The van der Waals surface area contributed by atoms with E-state index in [-0.39, 0.29) is 11.2 Å². The molecule has 3 nitrogen and oxygen atoms in total. The number of ether oxygens (including phenoxy) is 1. The lowest BCUT2D eigenvalue weighted by Gasteiger charge is -2.14. The molecule has 23 heavy (non-hydrogen) atoms. The highest BCUT2D eigenvalue weighted by Crippen LogP contribution is 2.30. The number of anilines is 1. The van der Waals surface area contributed by atoms with Crippen molar-refractivity contribution in [2.24, 2.45) is 0 Å². The predicted molar refractivity (Wildman–Crippen MR) is 98.8 cm³/mol. The maximum absolute atomic E-state index is 12.3. The van der Waals surface area contributed by atoms with Crippen molar-refractivity contribution in [2.45, 2.75) is 17.9 Å². The van der Waals surface area contributed by atoms with E-state index >= 15 is 0 Å². The van der Waals surface area contributed by atoms with Gasteiger partial charge in [0.05, 0.1) is 28.1 Å². The van der Waals surface area contributed by atoms with Gasteiger partial charge < -0.3 is 10.1 Å². The molecule has 0 aliphatic heterocycles. The van der Waals surface area contributed by atoms with Crippen molar-refractivity contribution in [1.82, 2.24) is 0 Å². The van der Waals surface area contributed by atoms with E-state index in [2.05, 4.69) is 5.32 Å². The Morgan fingerprint density at radius 2 is 1.87 bits per heavy atom. The molecule has 0 radical (unpaired) electrons. The summed E-state index contributed by atoms with van der Waals surface area (Å²) in [4.78, 5) is 12.3. The van der Waals surface area contributed by atoms with Gasteiger partial charge in [-0.2, -0.15) is 0 Å². The number of benzene rings is 2. The fraction of sp³-hybridized carbons (Fsp3) is 0.235. The Hall–Kier alpha value is -1.36. The van der Waals surface area contributed by atoms with Gasteiger partial charge in [-0.1, -0.05) is 41.4 Å². The molecule has 1 N–H and O–H groups in total. The van der Waals surface area contributed by atoms with Crippen molar-refractivity contribution in [2.75, 3.05) is 12.4 Å². The number of carbonyl (C=O) groups is 1. The first-order chi connectivity index (χ1) is 11.0. The summed E-state index contributed by atoms with van der Waals surface area (Å²) in [6.07, 6.45) is 0. The molecule has 0 aliphatic carbocycles. The number of thioether (sulfide) groups is 1. The molecule has 0 saturated carbocycles. The van der Waals surface area contributed by atoms with Crippen molar-refractivity contribution in [3.8, 4) is 5.75 Å². The van der Waals surface area contributed by atoms with Crippen molar-refractivity contribution >= 4 is 46.6 Å². The molecule has 2 aromatic rings. The van der Waals surface area contributed by atoms with Crippen LogP contribution in [0.3, 0.4) is 0 Å². The van der Waals surface area contributed by atoms with E-state index < -0.39 is 0 Å². The zero-order valence-electron chi connectivity index (χ0n) is 12.8. The number of para-hydroxylation sites is 1. The summed E-state index contributed by atoms with van der Waals surface area (Å²) in [6, 6.07) is 12.9. The van der Waals surface area contributed by atoms with Gasteiger partial charge in [0, 0.05) is 5.75 Å². The van der Waals surface area contributed by atoms with Crippen LogP contribution in [0.15, 0.2) is 42.5 Å². The average Bonchev–Trinajstić information content (AvgIpc) is 2.56. The summed E-state index contributed by atoms with van der Waals surface area (Å²) >= 11 is 13.7. The van der Waals surface area contributed by atoms with E-state index in [1.54, 1.807) is 25.3 Å². The van der Waals surface area contributed by atoms with Crippen LogP contribution in [-0.2, 0) is 10.5 Å². The number of halogens is 2. The molecular formula is C17H17Cl2NO2S. The second kappa shape index (κ2) is 8.48. The number of amides is 1. The molecule has 0 fully saturated rings. The minimum Gasteiger partial charge on any atom is -0.497 e. The molecule has 1 atom stereocenters. The molecule has 2 aromatic carbocycles. The monoisotopic (exact) mass is 369 g/mol. The van der Waals surface area contributed by atoms with E-state index in [9.17, 15) is 4.79 Å². The number of nitrogens with one attached hydrogen (secondary N) is 1. The summed E-state index contributed by atoms with van der Waals surface area (Å²) in [7, 11) is 1.63. The van der Waals surface area contributed by atoms with E-state index in [4.69, 9.17) is 27.9 Å². The predicted octanol–water partition coefficient (Wildman–Crippen LogP) is 5.26. The van der Waals surface area contributed by atoms with Gasteiger partial charge in [0.25, 0.3) is 0 Å². The van der Waals surface area contributed by atoms with Crippen LogP contribution in [0, 0.1) is 0 Å². The Bertz CT molecular complexity index is 674. The highest BCUT2D eigenvalue weighted by atomic mass is 35.5. The fourth-order valence-electron chi connectivity index (χ4n) is 1.90. The summed E-state index contributed by atoms with van der Waals surface area (Å²) in [6.45, 7) is 1.85. The van der Waals surface area contributed by atoms with Crippen LogP contribution in [0.1, 0.15) is 12.5 Å². The van der Waals surface area contributed by atoms with Crippen LogP contribution in [0.25, 0.3) is 0 Å². The smallest absolute Gasteiger partial charge is 0.237 e. The molecule has 1 unspecified atom stereocenters. The van der Waals surface area contributed by atoms with E-state index in [0.29, 0.717) is 21.5 Å². The van der Waals surface area contributed by atoms with Gasteiger partial charge in [-0.05, 0) is 36.8 Å². The minimum atomic E-state index is -0.242. The quantitative estimate of drug-likeness (QED) is 0.754. The van der Waals surface area contributed by atoms with Gasteiger partial charge >= 0.3 is 0 Å². The first-order valence-corrected chi connectivity index (χ1v) is 8.81. The van der Waals surface area contributed by atoms with Crippen molar-refractivity contribution in [1.29, 1.82) is 0 Å². The highest BCUT2D eigenvalue weighted by Gasteiger charge is 2.16. The number of rotatable bonds is 6. The molecule has 0 saturated heterocycles. The van der Waals surface area contributed by atoms with Crippen LogP contribution < -0.4 is 10.1 Å². The standard InChI is InChI=1S/C17H17Cl2NO2S/c1-11(23-10-12-5-3-6-13(9-12)22-2)17(21)20-16-14(18)7-4-8-15(16)19/h3-9,11H,10H2,1-2H3,(H,20,21). The zero-order chi connectivity index (χ0) is 16.8. The topological polar surface area (TPSA) is 38.3 Å². The molecular weight excluding hydrogens is 353 g/mol. The van der Waals surface area contributed by atoms with Gasteiger partial charge in [-0.25, -0.2) is 0 Å². The average molecular weight is 370 g/mol. The normalized spacial score (nSPS) is 11.8. The maximum atomic E-state index is 12.3. The molecule has 0 aromatic heterocycles. The van der Waals surface area contributed by atoms with E-state index in [1.165, 1.54) is 11.8 Å². The Balaban J connectivity index is 1.95. The van der Waals surface area contributed by atoms with Crippen LogP contribution in [-0.4, -0.2) is 18.3 Å². The largest absolute Gasteiger partial charge is 0.497 e. The van der Waals surface area contributed by atoms with Crippen LogP contribution >= 0.6 is 35.0 Å². The Labute approximate surface area is 150 Å². The highest BCUT2D eigenvalue weighted by molar-refractivity contribution is 7.99. The summed E-state index contributed by atoms with van der Waals surface area (Å²) < 4.78 is 5.20. The number of carbonyl (C=O) groups excluding carboxylic acids is 1. The van der Waals surface area contributed by atoms with Gasteiger partial charge in [-0.15, -0.1) is 11.8 Å². The van der Waals surface area contributed by atoms with Gasteiger partial charge in [-0.3, -0.25) is 4.79 Å². The Kier molecular flexibility index (Phi) is 6.63. The first-order valence-electron chi connectivity index (χ1n) is 7.00. The first kappa shape index (κ1) is 18.0. The zero-order valence-corrected chi connectivity index (χ0v) is 15.1. The van der Waals surface area contributed by atoms with E-state index in [1.807, 2.05) is 31.2 Å². The molecule has 0 heterocycles. The van der Waals surface area contributed by atoms with Crippen LogP contribution in [0.4, 0.5) is 5.69 Å². The van der Waals surface area contributed by atoms with Crippen molar-refractivity contribution in [3.05, 3.63) is 58.1 Å². The van der Waals surface area contributed by atoms with Gasteiger partial charge in [0.2, 0.25) is 5.91 Å². The van der Waals surface area contributed by atoms with Crippen LogP contribution in [0.2, 0.25) is 10.0 Å². The molecule has 0 bridgehead atoms. The number of hydrogen-bond acceptors (Lipinski definition) is 3. The minimum absolute atomic E-state index is 0.132. The second-order valence-corrected chi connectivity index (χ2v) is 7.03. The lowest BCUT2D eigenvalue weighted by Crippen LogP contribution is -2.23. The SMILES string of the molecule is COc1cccc(CSC(C)C(=O)Nc2c(Cl)cccc2Cl)c1. The molecule has 2 rings (SSSR count). The summed E-state index contributed by atoms with van der Waals surface area (Å²) in [5, 5.41) is 3.40. The number of methoxy groups -OCH3 is 1. The van der Waals surface area contributed by atoms with Crippen molar-refractivity contribution < 1.29 is 9.53 Å². The molecule has 6 heteroatoms. The van der Waals surface area contributed by atoms with E-state index in [0.717, 1.165) is 11.3 Å². The molecule has 0 aliphatic rings. The third kappa shape index (κ3) is 5.06. The lowest BCUT2D eigenvalue weighted by molar-refractivity contribution is -0.115. The number of hydrogen-bond donors (Lipinski definition) is 1. The summed E-state index contributed by atoms with van der Waals surface area (Å²) in [5.41, 5.74) is 1.56. The molecule has 1 amide bonds. The van der Waals surface area contributed by atoms with Gasteiger partial charge in [0.15, 0.2) is 0 Å². The Morgan fingerprint density at radius 3 is 2.52 bits per heavy atom. The molecule has 122 valence electrons. The maximum Gasteiger partial charge on any atom is 0.237 e. The summed E-state index contributed by atoms with van der Waals surface area (Å²) in [5.74, 6) is 1.39. The van der Waals surface area contributed by atoms with Crippen LogP contribution in [0.5, 0.6) is 5.75 Å². The van der Waals surface area contributed by atoms with Crippen molar-refractivity contribution in [3.63, 3.8) is 0 Å². The second-order valence-electron chi connectivity index (χ2n) is 4.89. The molecule has 0 spiro atoms. The van der Waals surface area contributed by atoms with Gasteiger partial charge in [0.1, 0.15) is 5.75 Å². The lowest BCUT2D eigenvalue weighted by atomic mass is 10.2.